The first-order valence-electron chi connectivity index (χ1n) is 0.908. The van der Waals surface area contributed by atoms with Gasteiger partial charge in [-0.05, 0) is 6.92 Å². The van der Waals surface area contributed by atoms with Gasteiger partial charge in [-0.3, -0.25) is 0 Å². The summed E-state index contributed by atoms with van der Waals surface area (Å²) in [4.78, 5) is 8.89. The van der Waals surface area contributed by atoms with Gasteiger partial charge in [-0.15, -0.1) is 0 Å². The van der Waals surface area contributed by atoms with Crippen molar-refractivity contribution < 1.29 is 15.4 Å². The quantitative estimate of drug-likeness (QED) is 0.374. The molecule has 0 unspecified atom stereocenters. The van der Waals surface area contributed by atoms with E-state index in [0.717, 1.165) is 6.92 Å². The smallest absolute Gasteiger partial charge is 0.870 e. The first kappa shape index (κ1) is 23.1. The summed E-state index contributed by atoms with van der Waals surface area (Å²) in [6.45, 7) is 0.972. The van der Waals surface area contributed by atoms with E-state index < -0.39 is 5.97 Å². The van der Waals surface area contributed by atoms with Gasteiger partial charge in [0, 0.05) is 5.97 Å². The maximum absolute atomic E-state index is 8.89. The van der Waals surface area contributed by atoms with Gasteiger partial charge in [-0.25, -0.2) is 0 Å². The van der Waals surface area contributed by atoms with Crippen molar-refractivity contribution in [2.24, 2.45) is 0 Å². The molecule has 0 rings (SSSR count). The van der Waals surface area contributed by atoms with Crippen molar-refractivity contribution in [2.75, 3.05) is 0 Å². The monoisotopic (exact) mass is 156 g/mol. The molecular formula is C2H4Ca2O3+2. The maximum atomic E-state index is 8.89. The molecule has 0 saturated heterocycles. The van der Waals surface area contributed by atoms with Crippen LogP contribution in [0.5, 0.6) is 0 Å². The molecule has 0 aliphatic rings. The number of hydrogen-bond donors (Lipinski definition) is 0. The Hall–Kier alpha value is 1.95. The van der Waals surface area contributed by atoms with Crippen molar-refractivity contribution in [1.29, 1.82) is 0 Å². The minimum atomic E-state index is -1.08. The molecule has 3 nitrogen and oxygen atoms in total. The van der Waals surface area contributed by atoms with Crippen LogP contribution < -0.4 is 5.11 Å². The van der Waals surface area contributed by atoms with E-state index in [4.69, 9.17) is 9.90 Å². The summed E-state index contributed by atoms with van der Waals surface area (Å²) in [7, 11) is 0. The molecule has 0 atom stereocenters. The number of carboxylic acids is 1. The number of hydrogen-bond acceptors (Lipinski definition) is 3. The van der Waals surface area contributed by atoms with Crippen LogP contribution in [0.25, 0.3) is 0 Å². The third kappa shape index (κ3) is 74.0. The van der Waals surface area contributed by atoms with E-state index in [-0.39, 0.29) is 81.0 Å². The Morgan fingerprint density at radius 2 is 1.43 bits per heavy atom. The molecule has 0 fully saturated rings. The van der Waals surface area contributed by atoms with Crippen LogP contribution in [0.1, 0.15) is 6.92 Å². The SMILES string of the molecule is CC(=O)[O-].[Ca+2].[Ca+2].[OH-]. The van der Waals surface area contributed by atoms with Gasteiger partial charge in [0.2, 0.25) is 0 Å². The molecule has 0 amide bonds. The molecule has 0 aromatic rings. The van der Waals surface area contributed by atoms with Crippen molar-refractivity contribution in [3.8, 4) is 0 Å². The normalized spacial score (nSPS) is 3.57. The molecule has 0 aromatic carbocycles. The zero-order valence-electron chi connectivity index (χ0n) is 4.18. The number of aliphatic carboxylic acids is 1. The van der Waals surface area contributed by atoms with Crippen LogP contribution in [-0.2, 0) is 4.79 Å². The van der Waals surface area contributed by atoms with Crippen LogP contribution in [0.3, 0.4) is 0 Å². The predicted octanol–water partition coefficient (Wildman–Crippen LogP) is -2.18. The molecule has 0 aliphatic carbocycles. The molecule has 7 heavy (non-hydrogen) atoms. The van der Waals surface area contributed by atoms with Crippen LogP contribution >= 0.6 is 0 Å². The molecule has 0 saturated carbocycles. The Morgan fingerprint density at radius 1 is 1.43 bits per heavy atom. The average molecular weight is 156 g/mol. The van der Waals surface area contributed by atoms with E-state index in [1.807, 2.05) is 0 Å². The zero-order chi connectivity index (χ0) is 3.58. The third-order valence-electron chi connectivity index (χ3n) is 0. The molecule has 0 radical (unpaired) electrons. The van der Waals surface area contributed by atoms with Crippen LogP contribution in [0.15, 0.2) is 0 Å². The first-order chi connectivity index (χ1) is 1.73. The number of rotatable bonds is 0. The molecule has 32 valence electrons. The molecule has 5 heteroatoms. The van der Waals surface area contributed by atoms with Crippen LogP contribution in [0, 0.1) is 0 Å². The number of carboxylic acid groups (broad SMARTS) is 1. The van der Waals surface area contributed by atoms with E-state index in [2.05, 4.69) is 0 Å². The van der Waals surface area contributed by atoms with E-state index >= 15 is 0 Å². The Bertz CT molecular complexity index is 33.9. The van der Waals surface area contributed by atoms with Gasteiger partial charge >= 0.3 is 75.5 Å². The summed E-state index contributed by atoms with van der Waals surface area (Å²) in [5.41, 5.74) is 0. The third-order valence-corrected chi connectivity index (χ3v) is 0. The first-order valence-corrected chi connectivity index (χ1v) is 0.908. The predicted molar refractivity (Wildman–Crippen MR) is 24.1 cm³/mol. The second kappa shape index (κ2) is 15.7. The Kier molecular flexibility index (Phi) is 51.7. The largest absolute Gasteiger partial charge is 2.00 e. The van der Waals surface area contributed by atoms with E-state index in [0.29, 0.717) is 0 Å². The zero-order valence-corrected chi connectivity index (χ0v) is 8.59. The van der Waals surface area contributed by atoms with E-state index in [9.17, 15) is 0 Å². The second-order valence-corrected chi connectivity index (χ2v) is 0.492. The minimum absolute atomic E-state index is 0. The summed E-state index contributed by atoms with van der Waals surface area (Å²) >= 11 is 0. The average Bonchev–Trinajstić information content (AvgIpc) is 0.811. The summed E-state index contributed by atoms with van der Waals surface area (Å²) in [6, 6.07) is 0. The second-order valence-electron chi connectivity index (χ2n) is 0.492. The topological polar surface area (TPSA) is 70.1 Å². The molecule has 0 aliphatic heterocycles. The summed E-state index contributed by atoms with van der Waals surface area (Å²) < 4.78 is 0. The van der Waals surface area contributed by atoms with Gasteiger partial charge in [-0.2, -0.15) is 0 Å². The molecule has 0 spiro atoms. The van der Waals surface area contributed by atoms with Crippen molar-refractivity contribution in [3.63, 3.8) is 0 Å². The van der Waals surface area contributed by atoms with E-state index in [1.54, 1.807) is 0 Å². The van der Waals surface area contributed by atoms with Crippen LogP contribution in [0.2, 0.25) is 0 Å². The van der Waals surface area contributed by atoms with Crippen molar-refractivity contribution in [3.05, 3.63) is 0 Å². The molecular weight excluding hydrogens is 152 g/mol. The minimum Gasteiger partial charge on any atom is -0.870 e. The van der Waals surface area contributed by atoms with Gasteiger partial charge in [0.25, 0.3) is 0 Å². The Labute approximate surface area is 102 Å². The van der Waals surface area contributed by atoms with Crippen molar-refractivity contribution in [1.82, 2.24) is 0 Å². The van der Waals surface area contributed by atoms with Gasteiger partial charge in [-0.1, -0.05) is 0 Å². The van der Waals surface area contributed by atoms with Crippen molar-refractivity contribution in [2.45, 2.75) is 6.92 Å². The molecule has 0 heterocycles. The van der Waals surface area contributed by atoms with Gasteiger partial charge in [0.05, 0.1) is 0 Å². The summed E-state index contributed by atoms with van der Waals surface area (Å²) in [5.74, 6) is -1.08. The van der Waals surface area contributed by atoms with Gasteiger partial charge in [0.1, 0.15) is 0 Å². The fraction of sp³-hybridized carbons (Fsp3) is 0.500. The molecule has 1 N–H and O–H groups in total. The van der Waals surface area contributed by atoms with Crippen molar-refractivity contribution >= 4 is 81.4 Å². The summed E-state index contributed by atoms with van der Waals surface area (Å²) in [5, 5.41) is 8.89. The maximum Gasteiger partial charge on any atom is 2.00 e. The van der Waals surface area contributed by atoms with Gasteiger partial charge < -0.3 is 15.4 Å². The Balaban J connectivity index is -0.0000000150. The standard InChI is InChI=1S/C2H4O2.2Ca.H2O/c1-2(3)4;;;/h1H3,(H,3,4);;;1H2/q;2*+2;/p-2. The van der Waals surface area contributed by atoms with Crippen LogP contribution in [0.4, 0.5) is 0 Å². The summed E-state index contributed by atoms with van der Waals surface area (Å²) in [6.07, 6.45) is 0. The molecule has 0 aromatic heterocycles. The molecule has 0 bridgehead atoms. The van der Waals surface area contributed by atoms with Gasteiger partial charge in [0.15, 0.2) is 0 Å². The van der Waals surface area contributed by atoms with Crippen LogP contribution in [-0.4, -0.2) is 86.9 Å². The fourth-order valence-corrected chi connectivity index (χ4v) is 0. The number of carbonyl (C=O) groups is 1. The fourth-order valence-electron chi connectivity index (χ4n) is 0. The van der Waals surface area contributed by atoms with E-state index in [1.165, 1.54) is 0 Å². The number of carbonyl (C=O) groups excluding carboxylic acids is 1. The Morgan fingerprint density at radius 3 is 1.43 bits per heavy atom.